The molecule has 9 nitrogen and oxygen atoms in total. The van der Waals surface area contributed by atoms with Crippen LogP contribution in [0.1, 0.15) is 21.5 Å². The number of carbonyl (C=O) groups is 1. The Morgan fingerprint density at radius 1 is 0.935 bits per heavy atom. The van der Waals surface area contributed by atoms with Crippen LogP contribution in [0.4, 0.5) is 11.4 Å². The van der Waals surface area contributed by atoms with Gasteiger partial charge in [-0.05, 0) is 35.4 Å². The van der Waals surface area contributed by atoms with E-state index < -0.39 is 4.92 Å². The Morgan fingerprint density at radius 3 is 2.13 bits per heavy atom. The highest BCUT2D eigenvalue weighted by molar-refractivity contribution is 6.30. The van der Waals surface area contributed by atoms with E-state index in [4.69, 9.17) is 11.6 Å². The molecule has 0 bridgehead atoms. The van der Waals surface area contributed by atoms with Gasteiger partial charge in [-0.15, -0.1) is 0 Å². The normalized spacial score (nSPS) is 10.7. The first-order valence-electron chi connectivity index (χ1n) is 9.30. The monoisotopic (exact) mass is 436 g/mol. The van der Waals surface area contributed by atoms with E-state index in [1.165, 1.54) is 17.1 Å². The summed E-state index contributed by atoms with van der Waals surface area (Å²) in [5.74, 6) is -0.257. The first kappa shape index (κ1) is 20.3. The van der Waals surface area contributed by atoms with Crippen molar-refractivity contribution in [1.29, 1.82) is 0 Å². The van der Waals surface area contributed by atoms with Crippen molar-refractivity contribution in [3.63, 3.8) is 0 Å². The Balaban J connectivity index is 1.35. The number of halogens is 1. The van der Waals surface area contributed by atoms with E-state index in [9.17, 15) is 14.9 Å². The lowest BCUT2D eigenvalue weighted by Gasteiger charge is -2.05. The van der Waals surface area contributed by atoms with Gasteiger partial charge in [-0.1, -0.05) is 35.9 Å². The molecule has 156 valence electrons. The largest absolute Gasteiger partial charge is 0.319 e. The van der Waals surface area contributed by atoms with Crippen LogP contribution in [0.2, 0.25) is 5.02 Å². The number of aromatic nitrogens is 4. The number of hydrogen-bond donors (Lipinski definition) is 1. The van der Waals surface area contributed by atoms with Gasteiger partial charge in [0.05, 0.1) is 29.9 Å². The molecule has 2 aromatic carbocycles. The Morgan fingerprint density at radius 2 is 1.52 bits per heavy atom. The summed E-state index contributed by atoms with van der Waals surface area (Å²) in [6, 6.07) is 14.4. The van der Waals surface area contributed by atoms with Crippen LogP contribution in [0.3, 0.4) is 0 Å². The third-order valence-corrected chi connectivity index (χ3v) is 4.79. The van der Waals surface area contributed by atoms with Crippen molar-refractivity contribution in [2.24, 2.45) is 0 Å². The molecule has 2 aromatic heterocycles. The first-order chi connectivity index (χ1) is 15.0. The third-order valence-electron chi connectivity index (χ3n) is 4.54. The molecular formula is C21H17ClN6O3. The Labute approximate surface area is 182 Å². The quantitative estimate of drug-likeness (QED) is 0.348. The van der Waals surface area contributed by atoms with E-state index in [0.717, 1.165) is 11.1 Å². The maximum atomic E-state index is 12.5. The van der Waals surface area contributed by atoms with E-state index in [-0.39, 0.29) is 11.6 Å². The van der Waals surface area contributed by atoms with E-state index in [0.29, 0.717) is 29.4 Å². The van der Waals surface area contributed by atoms with Gasteiger partial charge in [-0.2, -0.15) is 10.2 Å². The van der Waals surface area contributed by atoms with Crippen LogP contribution in [0.15, 0.2) is 73.3 Å². The van der Waals surface area contributed by atoms with Gasteiger partial charge in [0, 0.05) is 16.8 Å². The van der Waals surface area contributed by atoms with Gasteiger partial charge in [-0.25, -0.2) is 0 Å². The lowest BCUT2D eigenvalue weighted by Crippen LogP contribution is -2.11. The van der Waals surface area contributed by atoms with Crippen LogP contribution in [0, 0.1) is 10.1 Å². The topological polar surface area (TPSA) is 108 Å². The fourth-order valence-electron chi connectivity index (χ4n) is 2.98. The zero-order valence-electron chi connectivity index (χ0n) is 16.2. The number of carbonyl (C=O) groups excluding carboxylic acids is 1. The Hall–Kier alpha value is -3.98. The molecule has 0 saturated carbocycles. The smallest absolute Gasteiger partial charge is 0.307 e. The van der Waals surface area contributed by atoms with E-state index in [2.05, 4.69) is 15.5 Å². The van der Waals surface area contributed by atoms with Gasteiger partial charge in [-0.3, -0.25) is 24.3 Å². The molecule has 0 aliphatic rings. The molecule has 1 N–H and O–H groups in total. The molecule has 0 saturated heterocycles. The molecule has 0 radical (unpaired) electrons. The highest BCUT2D eigenvalue weighted by atomic mass is 35.5. The molecular weight excluding hydrogens is 420 g/mol. The van der Waals surface area contributed by atoms with Crippen LogP contribution < -0.4 is 5.32 Å². The number of nitrogens with one attached hydrogen (secondary N) is 1. The SMILES string of the molecule is O=C(Nc1cnn(Cc2ccc(Cl)cc2)c1)c1ccc(Cn2cc([N+](=O)[O-])cn2)cc1. The summed E-state index contributed by atoms with van der Waals surface area (Å²) >= 11 is 5.90. The number of rotatable bonds is 7. The second-order valence-corrected chi connectivity index (χ2v) is 7.29. The predicted molar refractivity (Wildman–Crippen MR) is 115 cm³/mol. The first-order valence-corrected chi connectivity index (χ1v) is 9.68. The standard InChI is InChI=1S/C21H17ClN6O3/c22-18-7-3-16(4-8-18)11-26-13-19(9-23-26)25-21(29)17-5-1-15(2-6-17)12-27-14-20(10-24-27)28(30)31/h1-10,13-14H,11-12H2,(H,25,29). The van der Waals surface area contributed by atoms with E-state index in [1.807, 2.05) is 24.3 Å². The van der Waals surface area contributed by atoms with Gasteiger partial charge in [0.1, 0.15) is 12.4 Å². The van der Waals surface area contributed by atoms with Crippen LogP contribution >= 0.6 is 11.6 Å². The van der Waals surface area contributed by atoms with E-state index >= 15 is 0 Å². The maximum Gasteiger partial charge on any atom is 0.307 e. The van der Waals surface area contributed by atoms with Gasteiger partial charge in [0.2, 0.25) is 0 Å². The van der Waals surface area contributed by atoms with Crippen molar-refractivity contribution in [2.45, 2.75) is 13.1 Å². The molecule has 0 aliphatic carbocycles. The summed E-state index contributed by atoms with van der Waals surface area (Å²) < 4.78 is 3.20. The second kappa shape index (κ2) is 8.80. The zero-order valence-corrected chi connectivity index (χ0v) is 16.9. The van der Waals surface area contributed by atoms with Crippen molar-refractivity contribution in [3.8, 4) is 0 Å². The zero-order chi connectivity index (χ0) is 21.8. The molecule has 0 aliphatic heterocycles. The van der Waals surface area contributed by atoms with E-state index in [1.54, 1.807) is 41.3 Å². The van der Waals surface area contributed by atoms with Gasteiger partial charge in [0.15, 0.2) is 0 Å². The lowest BCUT2D eigenvalue weighted by atomic mass is 10.1. The molecule has 0 spiro atoms. The van der Waals surface area contributed by atoms with Gasteiger partial charge >= 0.3 is 5.69 Å². The number of hydrogen-bond acceptors (Lipinski definition) is 5. The van der Waals surface area contributed by atoms with Crippen LogP contribution in [-0.4, -0.2) is 30.4 Å². The predicted octanol–water partition coefficient (Wildman–Crippen LogP) is 3.99. The summed E-state index contributed by atoms with van der Waals surface area (Å²) in [5, 5.41) is 22.5. The van der Waals surface area contributed by atoms with Crippen LogP contribution in [-0.2, 0) is 13.1 Å². The Kier molecular flexibility index (Phi) is 5.76. The number of nitrogens with zero attached hydrogens (tertiary/aromatic N) is 5. The minimum Gasteiger partial charge on any atom is -0.319 e. The molecule has 4 rings (SSSR count). The van der Waals surface area contributed by atoms with Crippen LogP contribution in [0.5, 0.6) is 0 Å². The molecule has 2 heterocycles. The average molecular weight is 437 g/mol. The second-order valence-electron chi connectivity index (χ2n) is 6.86. The summed E-state index contributed by atoms with van der Waals surface area (Å²) in [6.45, 7) is 0.931. The summed E-state index contributed by atoms with van der Waals surface area (Å²) in [6.07, 6.45) is 5.91. The maximum absolute atomic E-state index is 12.5. The molecule has 0 unspecified atom stereocenters. The molecule has 10 heteroatoms. The number of anilines is 1. The molecule has 31 heavy (non-hydrogen) atoms. The van der Waals surface area contributed by atoms with Crippen molar-refractivity contribution >= 4 is 28.9 Å². The minimum absolute atomic E-state index is 0.0624. The summed E-state index contributed by atoms with van der Waals surface area (Å²) in [7, 11) is 0. The lowest BCUT2D eigenvalue weighted by molar-refractivity contribution is -0.385. The molecule has 0 fully saturated rings. The fourth-order valence-corrected chi connectivity index (χ4v) is 3.10. The Bertz CT molecular complexity index is 1210. The molecule has 1 amide bonds. The van der Waals surface area contributed by atoms with Crippen molar-refractivity contribution < 1.29 is 9.72 Å². The summed E-state index contributed by atoms with van der Waals surface area (Å²) in [5.41, 5.74) is 2.92. The number of nitro groups is 1. The van der Waals surface area contributed by atoms with Crippen LogP contribution in [0.25, 0.3) is 0 Å². The van der Waals surface area contributed by atoms with Gasteiger partial charge < -0.3 is 5.32 Å². The number of benzene rings is 2. The highest BCUT2D eigenvalue weighted by Crippen LogP contribution is 2.14. The number of amides is 1. The van der Waals surface area contributed by atoms with Gasteiger partial charge in [0.25, 0.3) is 5.91 Å². The third kappa shape index (κ3) is 5.14. The van der Waals surface area contributed by atoms with Crippen molar-refractivity contribution in [2.75, 3.05) is 5.32 Å². The molecule has 4 aromatic rings. The highest BCUT2D eigenvalue weighted by Gasteiger charge is 2.11. The summed E-state index contributed by atoms with van der Waals surface area (Å²) in [4.78, 5) is 22.8. The van der Waals surface area contributed by atoms with Crippen molar-refractivity contribution in [3.05, 3.63) is 105 Å². The fraction of sp³-hybridized carbons (Fsp3) is 0.0952. The van der Waals surface area contributed by atoms with Crippen molar-refractivity contribution in [1.82, 2.24) is 19.6 Å². The molecule has 0 atom stereocenters. The minimum atomic E-state index is -0.492. The average Bonchev–Trinajstić information content (AvgIpc) is 3.40.